The van der Waals surface area contributed by atoms with Gasteiger partial charge < -0.3 is 9.84 Å². The van der Waals surface area contributed by atoms with Gasteiger partial charge in [-0.15, -0.1) is 11.6 Å². The van der Waals surface area contributed by atoms with Crippen LogP contribution >= 0.6 is 23.4 Å². The number of rotatable bonds is 8. The Balaban J connectivity index is 4.10. The van der Waals surface area contributed by atoms with Crippen molar-refractivity contribution in [1.82, 2.24) is 5.32 Å². The fourth-order valence-corrected chi connectivity index (χ4v) is 1.59. The van der Waals surface area contributed by atoms with Crippen LogP contribution in [0.3, 0.4) is 0 Å². The summed E-state index contributed by atoms with van der Waals surface area (Å²) in [4.78, 5) is 11.5. The van der Waals surface area contributed by atoms with Crippen molar-refractivity contribution in [3.63, 3.8) is 0 Å². The van der Waals surface area contributed by atoms with Crippen molar-refractivity contribution in [1.29, 1.82) is 0 Å². The zero-order valence-electron chi connectivity index (χ0n) is 9.03. The quantitative estimate of drug-likeness (QED) is 0.382. The summed E-state index contributed by atoms with van der Waals surface area (Å²) < 4.78 is 4.88. The molecule has 0 saturated heterocycles. The molecule has 15 heavy (non-hydrogen) atoms. The molecule has 0 amide bonds. The van der Waals surface area contributed by atoms with Crippen LogP contribution < -0.4 is 5.32 Å². The number of aliphatic hydroxyl groups excluding tert-OH is 1. The van der Waals surface area contributed by atoms with Gasteiger partial charge in [-0.3, -0.25) is 10.1 Å². The van der Waals surface area contributed by atoms with Gasteiger partial charge in [0.2, 0.25) is 0 Å². The van der Waals surface area contributed by atoms with Gasteiger partial charge in [-0.2, -0.15) is 11.8 Å². The van der Waals surface area contributed by atoms with Gasteiger partial charge in [0, 0.05) is 0 Å². The van der Waals surface area contributed by atoms with Crippen LogP contribution in [0.1, 0.15) is 13.3 Å². The van der Waals surface area contributed by atoms with Crippen molar-refractivity contribution in [3.05, 3.63) is 0 Å². The van der Waals surface area contributed by atoms with Crippen molar-refractivity contribution in [3.8, 4) is 0 Å². The van der Waals surface area contributed by atoms with E-state index in [1.165, 1.54) is 0 Å². The van der Waals surface area contributed by atoms with E-state index in [0.717, 1.165) is 5.75 Å². The molecule has 0 spiro atoms. The van der Waals surface area contributed by atoms with Gasteiger partial charge in [-0.1, -0.05) is 0 Å². The lowest BCUT2D eigenvalue weighted by Gasteiger charge is -2.19. The first-order valence-corrected chi connectivity index (χ1v) is 6.74. The Morgan fingerprint density at radius 1 is 1.67 bits per heavy atom. The van der Waals surface area contributed by atoms with Crippen molar-refractivity contribution in [2.24, 2.45) is 0 Å². The summed E-state index contributed by atoms with van der Waals surface area (Å²) in [5, 5.41) is 12.0. The summed E-state index contributed by atoms with van der Waals surface area (Å²) in [5.74, 6) is 0.538. The molecule has 0 aliphatic rings. The van der Waals surface area contributed by atoms with Crippen molar-refractivity contribution in [2.45, 2.75) is 25.6 Å². The predicted molar refractivity (Wildman–Crippen MR) is 63.3 cm³/mol. The fourth-order valence-electron chi connectivity index (χ4n) is 1.02. The molecule has 90 valence electrons. The van der Waals surface area contributed by atoms with Gasteiger partial charge in [-0.05, 0) is 25.4 Å². The lowest BCUT2D eigenvalue weighted by atomic mass is 10.2. The molecule has 0 aromatic heterocycles. The van der Waals surface area contributed by atoms with Crippen molar-refractivity contribution >= 4 is 29.3 Å². The van der Waals surface area contributed by atoms with Crippen LogP contribution in [0.5, 0.6) is 0 Å². The van der Waals surface area contributed by atoms with Crippen LogP contribution in [0.2, 0.25) is 0 Å². The Hall–Kier alpha value is 0.0300. The summed E-state index contributed by atoms with van der Waals surface area (Å²) in [5.41, 5.74) is 0. The molecule has 0 aromatic rings. The van der Waals surface area contributed by atoms with Crippen LogP contribution in [-0.2, 0) is 9.53 Å². The predicted octanol–water partition coefficient (Wildman–Crippen LogP) is 0.818. The average Bonchev–Trinajstić information content (AvgIpc) is 2.24. The SMILES string of the molecule is CCOC(=O)C(CCSC)NC(O)CCl. The second-order valence-electron chi connectivity index (χ2n) is 2.92. The van der Waals surface area contributed by atoms with Crippen molar-refractivity contribution < 1.29 is 14.6 Å². The van der Waals surface area contributed by atoms with E-state index in [1.54, 1.807) is 18.7 Å². The molecule has 0 radical (unpaired) electrons. The molecule has 0 saturated carbocycles. The number of hydrogen-bond acceptors (Lipinski definition) is 5. The number of nitrogens with one attached hydrogen (secondary N) is 1. The molecule has 0 rings (SSSR count). The number of esters is 1. The number of ether oxygens (including phenoxy) is 1. The number of thioether (sulfide) groups is 1. The van der Waals surface area contributed by atoms with Crippen LogP contribution in [0, 0.1) is 0 Å². The first kappa shape index (κ1) is 15.0. The highest BCUT2D eigenvalue weighted by Gasteiger charge is 2.21. The van der Waals surface area contributed by atoms with E-state index in [9.17, 15) is 9.90 Å². The monoisotopic (exact) mass is 255 g/mol. The fraction of sp³-hybridized carbons (Fsp3) is 0.889. The zero-order valence-corrected chi connectivity index (χ0v) is 10.6. The highest BCUT2D eigenvalue weighted by atomic mass is 35.5. The number of alkyl halides is 1. The molecule has 6 heteroatoms. The van der Waals surface area contributed by atoms with Gasteiger partial charge in [0.05, 0.1) is 12.5 Å². The Morgan fingerprint density at radius 2 is 2.33 bits per heavy atom. The highest BCUT2D eigenvalue weighted by molar-refractivity contribution is 7.98. The second-order valence-corrected chi connectivity index (χ2v) is 4.22. The van der Waals surface area contributed by atoms with Crippen molar-refractivity contribution in [2.75, 3.05) is 24.5 Å². The summed E-state index contributed by atoms with van der Waals surface area (Å²) in [6, 6.07) is -0.480. The summed E-state index contributed by atoms with van der Waals surface area (Å²) in [6.07, 6.45) is 1.71. The van der Waals surface area contributed by atoms with Crippen LogP contribution in [-0.4, -0.2) is 47.8 Å². The number of halogens is 1. The van der Waals surface area contributed by atoms with E-state index in [2.05, 4.69) is 5.32 Å². The molecule has 2 atom stereocenters. The maximum Gasteiger partial charge on any atom is 0.323 e. The standard InChI is InChI=1S/C9H18ClNO3S/c1-3-14-9(13)7(4-5-15-2)11-8(12)6-10/h7-8,11-12H,3-6H2,1-2H3. The number of aliphatic hydroxyl groups is 1. The maximum atomic E-state index is 11.5. The molecule has 0 fully saturated rings. The van der Waals surface area contributed by atoms with E-state index in [0.29, 0.717) is 13.0 Å². The topological polar surface area (TPSA) is 58.6 Å². The zero-order chi connectivity index (χ0) is 11.7. The molecule has 2 unspecified atom stereocenters. The van der Waals surface area contributed by atoms with E-state index in [-0.39, 0.29) is 11.8 Å². The van der Waals surface area contributed by atoms with Crippen LogP contribution in [0.4, 0.5) is 0 Å². The number of carbonyl (C=O) groups is 1. The minimum absolute atomic E-state index is 0.0508. The Labute approximate surface area is 99.7 Å². The first-order valence-electron chi connectivity index (χ1n) is 4.81. The summed E-state index contributed by atoms with van der Waals surface area (Å²) in [6.45, 7) is 2.09. The smallest absolute Gasteiger partial charge is 0.323 e. The molecule has 0 aliphatic carbocycles. The molecule has 2 N–H and O–H groups in total. The van der Waals surface area contributed by atoms with Crippen LogP contribution in [0.25, 0.3) is 0 Å². The van der Waals surface area contributed by atoms with Gasteiger partial charge in [0.25, 0.3) is 0 Å². The third kappa shape index (κ3) is 7.00. The number of carbonyl (C=O) groups excluding carboxylic acids is 1. The molecule has 0 heterocycles. The lowest BCUT2D eigenvalue weighted by Crippen LogP contribution is -2.45. The minimum Gasteiger partial charge on any atom is -0.465 e. The lowest BCUT2D eigenvalue weighted by molar-refractivity contribution is -0.146. The average molecular weight is 256 g/mol. The molecular weight excluding hydrogens is 238 g/mol. The maximum absolute atomic E-state index is 11.5. The molecule has 0 aromatic carbocycles. The van der Waals surface area contributed by atoms with E-state index in [1.807, 2.05) is 6.26 Å². The highest BCUT2D eigenvalue weighted by Crippen LogP contribution is 2.04. The van der Waals surface area contributed by atoms with Gasteiger partial charge in [-0.25, -0.2) is 0 Å². The molecule has 0 bridgehead atoms. The minimum atomic E-state index is -0.872. The number of hydrogen-bond donors (Lipinski definition) is 2. The summed E-state index contributed by atoms with van der Waals surface area (Å²) in [7, 11) is 0. The van der Waals surface area contributed by atoms with E-state index in [4.69, 9.17) is 16.3 Å². The molecule has 0 aliphatic heterocycles. The Bertz CT molecular complexity index is 183. The Kier molecular flexibility index (Phi) is 9.29. The van der Waals surface area contributed by atoms with E-state index < -0.39 is 12.3 Å². The Morgan fingerprint density at radius 3 is 2.80 bits per heavy atom. The molecular formula is C9H18ClNO3S. The van der Waals surface area contributed by atoms with Gasteiger partial charge in [0.15, 0.2) is 0 Å². The van der Waals surface area contributed by atoms with E-state index >= 15 is 0 Å². The second kappa shape index (κ2) is 9.27. The van der Waals surface area contributed by atoms with Gasteiger partial charge in [0.1, 0.15) is 12.3 Å². The van der Waals surface area contributed by atoms with Gasteiger partial charge >= 0.3 is 5.97 Å². The normalized spacial score (nSPS) is 14.7. The third-order valence-electron chi connectivity index (χ3n) is 1.72. The largest absolute Gasteiger partial charge is 0.465 e. The third-order valence-corrected chi connectivity index (χ3v) is 2.66. The first-order chi connectivity index (χ1) is 7.15. The van der Waals surface area contributed by atoms with Crippen LogP contribution in [0.15, 0.2) is 0 Å². The summed E-state index contributed by atoms with van der Waals surface area (Å²) >= 11 is 7.08. The molecule has 4 nitrogen and oxygen atoms in total.